The molecule has 0 atom stereocenters. The summed E-state index contributed by atoms with van der Waals surface area (Å²) in [6.45, 7) is 33.3. The quantitative estimate of drug-likeness (QED) is 0.101. The van der Waals surface area contributed by atoms with Gasteiger partial charge in [0.25, 0.3) is 0 Å². The number of pyridine rings is 1. The van der Waals surface area contributed by atoms with E-state index in [0.29, 0.717) is 6.67 Å². The van der Waals surface area contributed by atoms with Gasteiger partial charge in [-0.3, -0.25) is 4.57 Å². The largest absolute Gasteiger partial charge is 0.321 e. The van der Waals surface area contributed by atoms with Crippen LogP contribution in [0.4, 0.5) is 22.7 Å². The molecular weight excluding hydrogens is 1030 g/mol. The fourth-order valence-corrected chi connectivity index (χ4v) is 17.7. The first-order valence-electron chi connectivity index (χ1n) is 30.2. The standard InChI is InChI=1S/C79H82N4Si/c1-75(2,3)56-37-34-54(35-38-56)55-36-41-70-69(44-55)68-40-39-66(52-73(68)83(70)74-50-58(42-43-80-74)79(13,14)57-26-18-15-19-27-57)84(64-28-20-16-21-29-64,65-30-22-17-23-31-65)67-49-61(78(10,11)12)48-63(51-67)82-53-81(71-32-24-25-33-72(71)82)62-46-59(76(4,5)6)45-60(47-62)77(7,8)9/h15-52H,53H2,1-14H3. The number of fused-ring (bicyclic) bond motifs is 4. The SMILES string of the molecule is CC(C)(C)c1ccc(-c2ccc3c(c2)c2ccc([Si](c4ccccc4)(c4ccccc4)c4cc(N5CN(c6cc(C(C)(C)C)cc(C(C)(C)C)c6)c6ccccc65)cc(C(C)(C)C)c4)cc2n3-c2cc(C(C)(C)c3ccccc3)ccn2)cc1. The molecule has 9 aromatic carbocycles. The van der Waals surface area contributed by atoms with Gasteiger partial charge < -0.3 is 9.80 Å². The van der Waals surface area contributed by atoms with Crippen molar-refractivity contribution < 1.29 is 0 Å². The van der Waals surface area contributed by atoms with Crippen LogP contribution in [-0.4, -0.2) is 24.3 Å². The zero-order valence-corrected chi connectivity index (χ0v) is 52.9. The van der Waals surface area contributed by atoms with Crippen LogP contribution in [0.1, 0.15) is 130 Å². The van der Waals surface area contributed by atoms with Gasteiger partial charge >= 0.3 is 0 Å². The van der Waals surface area contributed by atoms with E-state index in [1.54, 1.807) is 0 Å². The molecule has 84 heavy (non-hydrogen) atoms. The van der Waals surface area contributed by atoms with Gasteiger partial charge in [0.2, 0.25) is 0 Å². The number of nitrogens with zero attached hydrogens (tertiary/aromatic N) is 4. The maximum Gasteiger partial charge on any atom is 0.179 e. The third-order valence-corrected chi connectivity index (χ3v) is 22.9. The van der Waals surface area contributed by atoms with Crippen molar-refractivity contribution in [3.8, 4) is 16.9 Å². The number of rotatable bonds is 10. The van der Waals surface area contributed by atoms with Crippen molar-refractivity contribution in [2.45, 2.75) is 124 Å². The molecule has 0 N–H and O–H groups in total. The summed E-state index contributed by atoms with van der Waals surface area (Å²) in [7, 11) is -3.26. The monoisotopic (exact) mass is 1110 g/mol. The lowest BCUT2D eigenvalue weighted by Crippen LogP contribution is -2.74. The molecule has 1 aliphatic heterocycles. The Balaban J connectivity index is 1.12. The van der Waals surface area contributed by atoms with Crippen LogP contribution in [0, 0.1) is 0 Å². The third kappa shape index (κ3) is 10.1. The van der Waals surface area contributed by atoms with Crippen LogP contribution in [0.2, 0.25) is 0 Å². The van der Waals surface area contributed by atoms with Crippen LogP contribution in [-0.2, 0) is 27.1 Å². The second-order valence-electron chi connectivity index (χ2n) is 28.3. The van der Waals surface area contributed by atoms with Gasteiger partial charge in [0.1, 0.15) is 12.5 Å². The van der Waals surface area contributed by atoms with E-state index in [2.05, 4.69) is 336 Å². The Morgan fingerprint density at radius 2 is 0.833 bits per heavy atom. The van der Waals surface area contributed by atoms with Crippen molar-refractivity contribution >= 4 is 73.4 Å². The van der Waals surface area contributed by atoms with Gasteiger partial charge in [-0.2, -0.15) is 0 Å². The van der Waals surface area contributed by atoms with Crippen molar-refractivity contribution in [2.24, 2.45) is 0 Å². The highest BCUT2D eigenvalue weighted by Crippen LogP contribution is 2.47. The van der Waals surface area contributed by atoms with Crippen molar-refractivity contribution in [3.05, 3.63) is 264 Å². The van der Waals surface area contributed by atoms with E-state index in [9.17, 15) is 0 Å². The van der Waals surface area contributed by atoms with Gasteiger partial charge in [0.05, 0.1) is 22.4 Å². The molecule has 0 saturated carbocycles. The number of para-hydroxylation sites is 2. The first-order chi connectivity index (χ1) is 39.9. The highest BCUT2D eigenvalue weighted by molar-refractivity contribution is 7.20. The maximum absolute atomic E-state index is 5.31. The number of benzene rings is 9. The lowest BCUT2D eigenvalue weighted by atomic mass is 9.78. The molecule has 3 heterocycles. The summed E-state index contributed by atoms with van der Waals surface area (Å²) in [5.74, 6) is 0.902. The number of hydrogen-bond acceptors (Lipinski definition) is 3. The van der Waals surface area contributed by atoms with Crippen LogP contribution >= 0.6 is 0 Å². The van der Waals surface area contributed by atoms with Crippen LogP contribution in [0.3, 0.4) is 0 Å². The lowest BCUT2D eigenvalue weighted by Gasteiger charge is -2.37. The highest BCUT2D eigenvalue weighted by Gasteiger charge is 2.44. The van der Waals surface area contributed by atoms with E-state index >= 15 is 0 Å². The van der Waals surface area contributed by atoms with Crippen LogP contribution < -0.4 is 30.5 Å². The van der Waals surface area contributed by atoms with Gasteiger partial charge in [-0.05, 0) is 154 Å². The van der Waals surface area contributed by atoms with Gasteiger partial charge in [0, 0.05) is 33.8 Å². The molecule has 0 bridgehead atoms. The molecule has 4 nitrogen and oxygen atoms in total. The van der Waals surface area contributed by atoms with Gasteiger partial charge in [-0.1, -0.05) is 255 Å². The Labute approximate surface area is 501 Å². The predicted octanol–water partition coefficient (Wildman–Crippen LogP) is 18.0. The number of hydrogen-bond donors (Lipinski definition) is 0. The van der Waals surface area contributed by atoms with E-state index in [0.717, 1.165) is 16.9 Å². The van der Waals surface area contributed by atoms with Crippen LogP contribution in [0.25, 0.3) is 38.8 Å². The average Bonchev–Trinajstić information content (AvgIpc) is 1.83. The van der Waals surface area contributed by atoms with Crippen LogP contribution in [0.15, 0.2) is 231 Å². The second-order valence-corrected chi connectivity index (χ2v) is 32.1. The molecule has 2 aromatic heterocycles. The number of aromatic nitrogens is 2. The Morgan fingerprint density at radius 1 is 0.333 bits per heavy atom. The normalized spacial score (nSPS) is 13.5. The van der Waals surface area contributed by atoms with Crippen molar-refractivity contribution in [2.75, 3.05) is 16.5 Å². The van der Waals surface area contributed by atoms with E-state index in [1.165, 1.54) is 98.8 Å². The Kier molecular flexibility index (Phi) is 13.9. The molecule has 0 spiro atoms. The highest BCUT2D eigenvalue weighted by atomic mass is 28.3. The predicted molar refractivity (Wildman–Crippen MR) is 363 cm³/mol. The molecule has 0 fully saturated rings. The maximum atomic E-state index is 5.31. The van der Waals surface area contributed by atoms with Gasteiger partial charge in [-0.15, -0.1) is 0 Å². The smallest absolute Gasteiger partial charge is 0.179 e. The van der Waals surface area contributed by atoms with Crippen molar-refractivity contribution in [3.63, 3.8) is 0 Å². The average molecular weight is 1120 g/mol. The van der Waals surface area contributed by atoms with Crippen molar-refractivity contribution in [1.29, 1.82) is 0 Å². The third-order valence-electron chi connectivity index (χ3n) is 18.1. The minimum Gasteiger partial charge on any atom is -0.321 e. The van der Waals surface area contributed by atoms with Gasteiger partial charge in [0.15, 0.2) is 8.07 Å². The molecule has 0 radical (unpaired) electrons. The topological polar surface area (TPSA) is 24.3 Å². The summed E-state index contributed by atoms with van der Waals surface area (Å²) in [6.07, 6.45) is 2.01. The zero-order valence-electron chi connectivity index (χ0n) is 51.9. The summed E-state index contributed by atoms with van der Waals surface area (Å²) >= 11 is 0. The fourth-order valence-electron chi connectivity index (χ4n) is 12.9. The Hall–Kier alpha value is -8.25. The molecule has 5 heteroatoms. The summed E-state index contributed by atoms with van der Waals surface area (Å²) in [5.41, 5.74) is 16.9. The van der Waals surface area contributed by atoms with Crippen molar-refractivity contribution in [1.82, 2.24) is 9.55 Å². The van der Waals surface area contributed by atoms with Gasteiger partial charge in [-0.25, -0.2) is 4.98 Å². The molecule has 11 aromatic rings. The fraction of sp³-hybridized carbons (Fsp3) is 0.253. The molecular formula is C79H82N4Si. The molecule has 0 amide bonds. The second kappa shape index (κ2) is 20.8. The summed E-state index contributed by atoms with van der Waals surface area (Å²) in [4.78, 5) is 10.4. The molecule has 12 rings (SSSR count). The molecule has 1 aliphatic rings. The Morgan fingerprint density at radius 3 is 1.38 bits per heavy atom. The lowest BCUT2D eigenvalue weighted by molar-refractivity contribution is 0.568. The molecule has 0 aliphatic carbocycles. The van der Waals surface area contributed by atoms with E-state index in [4.69, 9.17) is 4.98 Å². The first kappa shape index (κ1) is 56.2. The van der Waals surface area contributed by atoms with Crippen LogP contribution in [0.5, 0.6) is 0 Å². The van der Waals surface area contributed by atoms with E-state index in [1.807, 2.05) is 6.20 Å². The minimum absolute atomic E-state index is 0.0210. The zero-order chi connectivity index (χ0) is 59.1. The molecule has 0 unspecified atom stereocenters. The summed E-state index contributed by atoms with van der Waals surface area (Å²) < 4.78 is 2.45. The van der Waals surface area contributed by atoms with E-state index < -0.39 is 8.07 Å². The summed E-state index contributed by atoms with van der Waals surface area (Å²) in [6, 6.07) is 86.0. The minimum atomic E-state index is -3.26. The first-order valence-corrected chi connectivity index (χ1v) is 32.2. The Bertz CT molecular complexity index is 4150. The molecule has 422 valence electrons. The van der Waals surface area contributed by atoms with E-state index in [-0.39, 0.29) is 27.1 Å². The number of anilines is 4. The summed E-state index contributed by atoms with van der Waals surface area (Å²) in [5, 5.41) is 7.71. The molecule has 0 saturated heterocycles.